The summed E-state index contributed by atoms with van der Waals surface area (Å²) in [4.78, 5) is 14.8. The first-order valence-electron chi connectivity index (χ1n) is 10.7. The lowest BCUT2D eigenvalue weighted by Gasteiger charge is -2.26. The van der Waals surface area contributed by atoms with Crippen LogP contribution in [0.4, 0.5) is 8.78 Å². The van der Waals surface area contributed by atoms with Crippen LogP contribution in [0.25, 0.3) is 0 Å². The van der Waals surface area contributed by atoms with Crippen LogP contribution in [0.3, 0.4) is 0 Å². The number of hydrogen-bond acceptors (Lipinski definition) is 3. The van der Waals surface area contributed by atoms with Crippen molar-refractivity contribution in [3.05, 3.63) is 101 Å². The average molecular weight is 437 g/mol. The van der Waals surface area contributed by atoms with Crippen LogP contribution in [0.5, 0.6) is 5.75 Å². The quantitative estimate of drug-likeness (QED) is 0.476. The van der Waals surface area contributed by atoms with Gasteiger partial charge in [-0.1, -0.05) is 30.3 Å². The minimum Gasteiger partial charge on any atom is -0.489 e. The van der Waals surface area contributed by atoms with Gasteiger partial charge in [-0.3, -0.25) is 4.79 Å². The van der Waals surface area contributed by atoms with Crippen molar-refractivity contribution >= 4 is 5.91 Å². The van der Waals surface area contributed by atoms with Crippen molar-refractivity contribution in [3.8, 4) is 5.75 Å². The van der Waals surface area contributed by atoms with Gasteiger partial charge < -0.3 is 14.4 Å². The van der Waals surface area contributed by atoms with Gasteiger partial charge in [0, 0.05) is 25.3 Å². The molecule has 1 unspecified atom stereocenters. The third kappa shape index (κ3) is 5.92. The summed E-state index contributed by atoms with van der Waals surface area (Å²) in [7, 11) is 0. The van der Waals surface area contributed by atoms with Crippen LogP contribution in [0.1, 0.15) is 34.3 Å². The smallest absolute Gasteiger partial charge is 0.254 e. The molecule has 4 nitrogen and oxygen atoms in total. The number of carbonyl (C=O) groups excluding carboxylic acids is 1. The molecule has 6 heteroatoms. The molecule has 1 aliphatic heterocycles. The van der Waals surface area contributed by atoms with Gasteiger partial charge in [0.15, 0.2) is 0 Å². The number of ether oxygens (including phenoxy) is 2. The van der Waals surface area contributed by atoms with E-state index >= 15 is 0 Å². The van der Waals surface area contributed by atoms with Crippen molar-refractivity contribution < 1.29 is 23.0 Å². The summed E-state index contributed by atoms with van der Waals surface area (Å²) in [6.45, 7) is 1.79. The van der Waals surface area contributed by atoms with Crippen molar-refractivity contribution in [2.24, 2.45) is 0 Å². The number of rotatable bonds is 8. The first kappa shape index (κ1) is 22.0. The maximum absolute atomic E-state index is 13.7. The largest absolute Gasteiger partial charge is 0.489 e. The number of amides is 1. The van der Waals surface area contributed by atoms with Gasteiger partial charge in [0.05, 0.1) is 6.10 Å². The van der Waals surface area contributed by atoms with E-state index in [0.29, 0.717) is 31.0 Å². The van der Waals surface area contributed by atoms with E-state index in [1.54, 1.807) is 23.1 Å². The minimum absolute atomic E-state index is 0.0126. The number of carbonyl (C=O) groups is 1. The molecule has 0 bridgehead atoms. The van der Waals surface area contributed by atoms with Crippen molar-refractivity contribution in [2.75, 3.05) is 13.2 Å². The van der Waals surface area contributed by atoms with Gasteiger partial charge in [-0.15, -0.1) is 0 Å². The Morgan fingerprint density at radius 2 is 1.72 bits per heavy atom. The Morgan fingerprint density at radius 1 is 0.969 bits per heavy atom. The Kier molecular flexibility index (Phi) is 7.12. The SMILES string of the molecule is O=C(c1cccc(F)c1)N(Cc1ccc(OCc2cccc(F)c2)cc1)CC1CCCO1. The van der Waals surface area contributed by atoms with Gasteiger partial charge in [-0.2, -0.15) is 0 Å². The van der Waals surface area contributed by atoms with Gasteiger partial charge in [-0.25, -0.2) is 8.78 Å². The van der Waals surface area contributed by atoms with E-state index in [1.807, 2.05) is 24.3 Å². The molecule has 0 N–H and O–H groups in total. The fourth-order valence-electron chi connectivity index (χ4n) is 3.76. The standard InChI is InChI=1S/C26H25F2NO3/c27-22-6-1-4-20(14-22)18-32-24-11-9-19(10-12-24)16-29(17-25-8-3-13-31-25)26(30)21-5-2-7-23(28)15-21/h1-2,4-7,9-12,14-15,25H,3,8,13,16-18H2. The molecule has 0 radical (unpaired) electrons. The number of nitrogens with zero attached hydrogens (tertiary/aromatic N) is 1. The molecule has 1 fully saturated rings. The van der Waals surface area contributed by atoms with Crippen LogP contribution in [-0.4, -0.2) is 30.1 Å². The van der Waals surface area contributed by atoms with E-state index in [1.165, 1.54) is 30.3 Å². The normalized spacial score (nSPS) is 15.5. The highest BCUT2D eigenvalue weighted by Crippen LogP contribution is 2.20. The Hall–Kier alpha value is -3.25. The lowest BCUT2D eigenvalue weighted by atomic mass is 10.1. The van der Waals surface area contributed by atoms with E-state index in [0.717, 1.165) is 24.0 Å². The van der Waals surface area contributed by atoms with Gasteiger partial charge in [0.2, 0.25) is 0 Å². The second kappa shape index (κ2) is 10.4. The maximum atomic E-state index is 13.7. The summed E-state index contributed by atoms with van der Waals surface area (Å²) in [6, 6.07) is 19.5. The van der Waals surface area contributed by atoms with Crippen LogP contribution in [0.2, 0.25) is 0 Å². The highest BCUT2D eigenvalue weighted by Gasteiger charge is 2.24. The molecule has 0 saturated carbocycles. The van der Waals surface area contributed by atoms with E-state index < -0.39 is 5.82 Å². The van der Waals surface area contributed by atoms with E-state index in [-0.39, 0.29) is 24.4 Å². The Labute approximate surface area is 186 Å². The first-order chi connectivity index (χ1) is 15.6. The monoisotopic (exact) mass is 437 g/mol. The van der Waals surface area contributed by atoms with Gasteiger partial charge in [0.1, 0.15) is 24.0 Å². The van der Waals surface area contributed by atoms with Crippen molar-refractivity contribution in [1.29, 1.82) is 0 Å². The topological polar surface area (TPSA) is 38.8 Å². The third-order valence-electron chi connectivity index (χ3n) is 5.40. The van der Waals surface area contributed by atoms with Crippen molar-refractivity contribution in [2.45, 2.75) is 32.1 Å². The number of halogens is 2. The second-order valence-electron chi connectivity index (χ2n) is 7.89. The molecular formula is C26H25F2NO3. The summed E-state index contributed by atoms with van der Waals surface area (Å²) in [5, 5.41) is 0. The summed E-state index contributed by atoms with van der Waals surface area (Å²) in [6.07, 6.45) is 1.87. The van der Waals surface area contributed by atoms with Crippen LogP contribution < -0.4 is 4.74 Å². The van der Waals surface area contributed by atoms with Crippen LogP contribution in [0, 0.1) is 11.6 Å². The molecule has 0 aliphatic carbocycles. The number of hydrogen-bond donors (Lipinski definition) is 0. The Morgan fingerprint density at radius 3 is 2.41 bits per heavy atom. The maximum Gasteiger partial charge on any atom is 0.254 e. The average Bonchev–Trinajstić information content (AvgIpc) is 3.31. The van der Waals surface area contributed by atoms with Crippen LogP contribution >= 0.6 is 0 Å². The zero-order valence-corrected chi connectivity index (χ0v) is 17.7. The molecule has 1 saturated heterocycles. The fraction of sp³-hybridized carbons (Fsp3) is 0.269. The lowest BCUT2D eigenvalue weighted by molar-refractivity contribution is 0.0507. The Balaban J connectivity index is 1.43. The summed E-state index contributed by atoms with van der Waals surface area (Å²) >= 11 is 0. The summed E-state index contributed by atoms with van der Waals surface area (Å²) in [5.74, 6) is -0.310. The molecule has 3 aromatic rings. The molecule has 32 heavy (non-hydrogen) atoms. The number of benzene rings is 3. The fourth-order valence-corrected chi connectivity index (χ4v) is 3.76. The van der Waals surface area contributed by atoms with Crippen LogP contribution in [-0.2, 0) is 17.9 Å². The molecule has 0 spiro atoms. The lowest BCUT2D eigenvalue weighted by Crippen LogP contribution is -2.37. The molecule has 1 amide bonds. The van der Waals surface area contributed by atoms with E-state index in [2.05, 4.69) is 0 Å². The van der Waals surface area contributed by atoms with E-state index in [9.17, 15) is 13.6 Å². The molecule has 4 rings (SSSR count). The minimum atomic E-state index is -0.437. The predicted molar refractivity (Wildman–Crippen MR) is 117 cm³/mol. The van der Waals surface area contributed by atoms with E-state index in [4.69, 9.17) is 9.47 Å². The third-order valence-corrected chi connectivity index (χ3v) is 5.40. The highest BCUT2D eigenvalue weighted by atomic mass is 19.1. The Bertz CT molecular complexity index is 1050. The van der Waals surface area contributed by atoms with Crippen molar-refractivity contribution in [1.82, 2.24) is 4.90 Å². The molecule has 0 aromatic heterocycles. The molecular weight excluding hydrogens is 412 g/mol. The van der Waals surface area contributed by atoms with Crippen molar-refractivity contribution in [3.63, 3.8) is 0 Å². The molecule has 1 atom stereocenters. The van der Waals surface area contributed by atoms with Gasteiger partial charge >= 0.3 is 0 Å². The van der Waals surface area contributed by atoms with Gasteiger partial charge in [-0.05, 0) is 66.4 Å². The molecule has 1 heterocycles. The van der Waals surface area contributed by atoms with Crippen LogP contribution in [0.15, 0.2) is 72.8 Å². The molecule has 3 aromatic carbocycles. The summed E-state index contributed by atoms with van der Waals surface area (Å²) in [5.41, 5.74) is 1.99. The molecule has 1 aliphatic rings. The zero-order chi connectivity index (χ0) is 22.3. The predicted octanol–water partition coefficient (Wildman–Crippen LogP) is 5.37. The molecule has 166 valence electrons. The first-order valence-corrected chi connectivity index (χ1v) is 10.7. The van der Waals surface area contributed by atoms with Gasteiger partial charge in [0.25, 0.3) is 5.91 Å². The summed E-state index contributed by atoms with van der Waals surface area (Å²) < 4.78 is 38.4. The zero-order valence-electron chi connectivity index (χ0n) is 17.7. The second-order valence-corrected chi connectivity index (χ2v) is 7.89. The highest BCUT2D eigenvalue weighted by molar-refractivity contribution is 5.94.